The Labute approximate surface area is 162 Å². The molecule has 1 N–H and O–H groups in total. The van der Waals surface area contributed by atoms with Crippen LogP contribution < -0.4 is 5.32 Å². The molecule has 3 rings (SSSR count). The van der Waals surface area contributed by atoms with Crippen LogP contribution in [0.5, 0.6) is 0 Å². The molecule has 9 heteroatoms. The van der Waals surface area contributed by atoms with Gasteiger partial charge in [0, 0.05) is 19.0 Å². The van der Waals surface area contributed by atoms with E-state index in [1.165, 1.54) is 0 Å². The van der Waals surface area contributed by atoms with Crippen molar-refractivity contribution in [3.05, 3.63) is 63.6 Å². The van der Waals surface area contributed by atoms with Gasteiger partial charge < -0.3 is 5.32 Å². The molecule has 0 unspecified atom stereocenters. The SMILES string of the molecule is Cc1cc(NC(=O)CCCn2nc(C)c([N+](=O)[O-])c2C)n(-c2ccccc2)n1. The van der Waals surface area contributed by atoms with Gasteiger partial charge in [0.25, 0.3) is 0 Å². The first-order chi connectivity index (χ1) is 13.4. The number of nitrogens with zero attached hydrogens (tertiary/aromatic N) is 5. The molecule has 1 amide bonds. The summed E-state index contributed by atoms with van der Waals surface area (Å²) in [5.74, 6) is 0.462. The first-order valence-corrected chi connectivity index (χ1v) is 8.97. The number of benzene rings is 1. The fourth-order valence-corrected chi connectivity index (χ4v) is 3.12. The van der Waals surface area contributed by atoms with E-state index in [1.54, 1.807) is 23.2 Å². The van der Waals surface area contributed by atoms with Crippen molar-refractivity contribution in [1.82, 2.24) is 19.6 Å². The Morgan fingerprint density at radius 1 is 1.18 bits per heavy atom. The number of carbonyl (C=O) groups excluding carboxylic acids is 1. The summed E-state index contributed by atoms with van der Waals surface area (Å²) in [5, 5.41) is 22.6. The lowest BCUT2D eigenvalue weighted by molar-refractivity contribution is -0.386. The number of hydrogen-bond donors (Lipinski definition) is 1. The molecule has 0 spiro atoms. The van der Waals surface area contributed by atoms with Crippen molar-refractivity contribution in [2.24, 2.45) is 0 Å². The Hall–Kier alpha value is -3.49. The van der Waals surface area contributed by atoms with Gasteiger partial charge >= 0.3 is 5.69 Å². The Kier molecular flexibility index (Phi) is 5.53. The van der Waals surface area contributed by atoms with Gasteiger partial charge in [0.2, 0.25) is 5.91 Å². The van der Waals surface area contributed by atoms with Crippen molar-refractivity contribution in [2.75, 3.05) is 5.32 Å². The van der Waals surface area contributed by atoms with Crippen molar-refractivity contribution in [3.63, 3.8) is 0 Å². The summed E-state index contributed by atoms with van der Waals surface area (Å²) in [6, 6.07) is 11.4. The molecule has 0 atom stereocenters. The minimum Gasteiger partial charge on any atom is -0.311 e. The van der Waals surface area contributed by atoms with E-state index >= 15 is 0 Å². The van der Waals surface area contributed by atoms with Gasteiger partial charge in [-0.25, -0.2) is 4.68 Å². The molecule has 0 fully saturated rings. The van der Waals surface area contributed by atoms with E-state index in [2.05, 4.69) is 15.5 Å². The minimum absolute atomic E-state index is 0.0340. The van der Waals surface area contributed by atoms with Crippen molar-refractivity contribution >= 4 is 17.4 Å². The van der Waals surface area contributed by atoms with Crippen LogP contribution in [0.4, 0.5) is 11.5 Å². The number of nitrogens with one attached hydrogen (secondary N) is 1. The predicted octanol–water partition coefficient (Wildman–Crippen LogP) is 3.32. The van der Waals surface area contributed by atoms with Crippen molar-refractivity contribution in [2.45, 2.75) is 40.2 Å². The maximum Gasteiger partial charge on any atom is 0.312 e. The largest absolute Gasteiger partial charge is 0.312 e. The van der Waals surface area contributed by atoms with Gasteiger partial charge in [-0.1, -0.05) is 18.2 Å². The molecule has 2 heterocycles. The van der Waals surface area contributed by atoms with Gasteiger partial charge in [0.15, 0.2) is 0 Å². The fourth-order valence-electron chi connectivity index (χ4n) is 3.12. The molecule has 0 bridgehead atoms. The molecule has 0 aliphatic rings. The topological polar surface area (TPSA) is 108 Å². The maximum atomic E-state index is 12.4. The Morgan fingerprint density at radius 3 is 2.54 bits per heavy atom. The Bertz CT molecular complexity index is 1010. The summed E-state index contributed by atoms with van der Waals surface area (Å²) < 4.78 is 3.27. The quantitative estimate of drug-likeness (QED) is 0.498. The molecule has 0 saturated carbocycles. The second-order valence-electron chi connectivity index (χ2n) is 6.57. The fraction of sp³-hybridized carbons (Fsp3) is 0.316. The van der Waals surface area contributed by atoms with Gasteiger partial charge in [-0.2, -0.15) is 10.2 Å². The molecule has 3 aromatic rings. The third kappa shape index (κ3) is 4.08. The third-order valence-electron chi connectivity index (χ3n) is 4.40. The summed E-state index contributed by atoms with van der Waals surface area (Å²) >= 11 is 0. The van der Waals surface area contributed by atoms with Crippen LogP contribution in [0.25, 0.3) is 5.69 Å². The summed E-state index contributed by atoms with van der Waals surface area (Å²) in [6.45, 7) is 5.58. The number of rotatable bonds is 7. The molecular formula is C19H22N6O3. The van der Waals surface area contributed by atoms with E-state index in [0.717, 1.165) is 11.4 Å². The van der Waals surface area contributed by atoms with Crippen LogP contribution in [0.2, 0.25) is 0 Å². The zero-order valence-corrected chi connectivity index (χ0v) is 16.0. The standard InChI is InChI=1S/C19H22N6O3/c1-13-12-17(24(21-13)16-8-5-4-6-9-16)20-18(26)10-7-11-23-15(3)19(25(27)28)14(2)22-23/h4-6,8-9,12H,7,10-11H2,1-3H3,(H,20,26). The first-order valence-electron chi connectivity index (χ1n) is 8.97. The highest BCUT2D eigenvalue weighted by atomic mass is 16.6. The lowest BCUT2D eigenvalue weighted by Gasteiger charge is -2.09. The lowest BCUT2D eigenvalue weighted by Crippen LogP contribution is -2.15. The van der Waals surface area contributed by atoms with Gasteiger partial charge in [0.1, 0.15) is 17.2 Å². The third-order valence-corrected chi connectivity index (χ3v) is 4.40. The first kappa shape index (κ1) is 19.3. The van der Waals surface area contributed by atoms with Crippen LogP contribution >= 0.6 is 0 Å². The second kappa shape index (κ2) is 8.03. The van der Waals surface area contributed by atoms with Crippen molar-refractivity contribution in [3.8, 4) is 5.69 Å². The summed E-state index contributed by atoms with van der Waals surface area (Å²) in [5.41, 5.74) is 2.58. The number of carbonyl (C=O) groups is 1. The summed E-state index contributed by atoms with van der Waals surface area (Å²) in [6.07, 6.45) is 0.786. The monoisotopic (exact) mass is 382 g/mol. The molecular weight excluding hydrogens is 360 g/mol. The van der Waals surface area contributed by atoms with E-state index < -0.39 is 4.92 Å². The van der Waals surface area contributed by atoms with Crippen LogP contribution in [0.1, 0.15) is 29.9 Å². The van der Waals surface area contributed by atoms with Gasteiger partial charge in [-0.05, 0) is 39.3 Å². The Morgan fingerprint density at radius 2 is 1.89 bits per heavy atom. The second-order valence-corrected chi connectivity index (χ2v) is 6.57. The van der Waals surface area contributed by atoms with E-state index in [1.807, 2.05) is 43.3 Å². The molecule has 9 nitrogen and oxygen atoms in total. The number of aromatic nitrogens is 4. The normalized spacial score (nSPS) is 10.8. The van der Waals surface area contributed by atoms with E-state index in [4.69, 9.17) is 0 Å². The van der Waals surface area contributed by atoms with Gasteiger partial charge in [-0.3, -0.25) is 19.6 Å². The number of aryl methyl sites for hydroxylation is 3. The Balaban J connectivity index is 1.62. The molecule has 28 heavy (non-hydrogen) atoms. The number of para-hydroxylation sites is 1. The van der Waals surface area contributed by atoms with Gasteiger partial charge in [0.05, 0.1) is 16.3 Å². The molecule has 0 aliphatic carbocycles. The maximum absolute atomic E-state index is 12.4. The van der Waals surface area contributed by atoms with Crippen LogP contribution in [-0.4, -0.2) is 30.4 Å². The average Bonchev–Trinajstić information content (AvgIpc) is 3.14. The lowest BCUT2D eigenvalue weighted by atomic mass is 10.2. The molecule has 0 radical (unpaired) electrons. The highest BCUT2D eigenvalue weighted by Gasteiger charge is 2.21. The molecule has 2 aromatic heterocycles. The van der Waals surface area contributed by atoms with E-state index in [9.17, 15) is 14.9 Å². The van der Waals surface area contributed by atoms with Crippen molar-refractivity contribution in [1.29, 1.82) is 0 Å². The van der Waals surface area contributed by atoms with E-state index in [0.29, 0.717) is 30.2 Å². The van der Waals surface area contributed by atoms with Crippen LogP contribution in [0, 0.1) is 30.9 Å². The number of hydrogen-bond acceptors (Lipinski definition) is 5. The molecule has 1 aromatic carbocycles. The molecule has 0 aliphatic heterocycles. The average molecular weight is 382 g/mol. The molecule has 146 valence electrons. The van der Waals surface area contributed by atoms with E-state index in [-0.39, 0.29) is 18.0 Å². The van der Waals surface area contributed by atoms with Crippen LogP contribution in [-0.2, 0) is 11.3 Å². The minimum atomic E-state index is -0.423. The zero-order chi connectivity index (χ0) is 20.3. The summed E-state index contributed by atoms with van der Waals surface area (Å²) in [4.78, 5) is 23.0. The highest BCUT2D eigenvalue weighted by molar-refractivity contribution is 5.90. The smallest absolute Gasteiger partial charge is 0.311 e. The number of anilines is 1. The van der Waals surface area contributed by atoms with Crippen molar-refractivity contribution < 1.29 is 9.72 Å². The van der Waals surface area contributed by atoms with Crippen LogP contribution in [0.3, 0.4) is 0 Å². The predicted molar refractivity (Wildman–Crippen MR) is 105 cm³/mol. The number of nitro groups is 1. The van der Waals surface area contributed by atoms with Crippen LogP contribution in [0.15, 0.2) is 36.4 Å². The van der Waals surface area contributed by atoms with Gasteiger partial charge in [-0.15, -0.1) is 0 Å². The summed E-state index contributed by atoms with van der Waals surface area (Å²) in [7, 11) is 0. The highest BCUT2D eigenvalue weighted by Crippen LogP contribution is 2.22. The zero-order valence-electron chi connectivity index (χ0n) is 16.0. The number of amides is 1. The molecule has 0 saturated heterocycles.